The topological polar surface area (TPSA) is 56.7 Å². The van der Waals surface area contributed by atoms with E-state index >= 15 is 0 Å². The Morgan fingerprint density at radius 2 is 1.91 bits per heavy atom. The molecule has 1 atom stereocenters. The molecule has 0 saturated carbocycles. The highest BCUT2D eigenvalue weighted by molar-refractivity contribution is 9.10. The first-order chi connectivity index (χ1) is 11.0. The van der Waals surface area contributed by atoms with Crippen molar-refractivity contribution in [1.29, 1.82) is 0 Å². The van der Waals surface area contributed by atoms with Crippen molar-refractivity contribution in [3.05, 3.63) is 57.8 Å². The minimum atomic E-state index is -0.665. The molecule has 1 aromatic carbocycles. The quantitative estimate of drug-likeness (QED) is 0.713. The smallest absolute Gasteiger partial charge is 0.189 e. The second-order valence-corrected chi connectivity index (χ2v) is 6.28. The van der Waals surface area contributed by atoms with E-state index in [1.54, 1.807) is 6.07 Å². The second-order valence-electron chi connectivity index (χ2n) is 4.94. The predicted molar refractivity (Wildman–Crippen MR) is 86.3 cm³/mol. The molecule has 3 rings (SSSR count). The van der Waals surface area contributed by atoms with Gasteiger partial charge in [0.05, 0.1) is 17.9 Å². The first-order valence-corrected chi connectivity index (χ1v) is 7.98. The fourth-order valence-corrected chi connectivity index (χ4v) is 3.24. The Bertz CT molecular complexity index is 850. The van der Waals surface area contributed by atoms with Crippen LogP contribution in [0, 0.1) is 11.6 Å². The van der Waals surface area contributed by atoms with Crippen LogP contribution in [0.4, 0.5) is 12.7 Å². The fourth-order valence-electron chi connectivity index (χ4n) is 2.31. The maximum Gasteiger partial charge on any atom is 0.189 e. The van der Waals surface area contributed by atoms with Crippen molar-refractivity contribution in [2.45, 2.75) is 12.5 Å². The van der Waals surface area contributed by atoms with Gasteiger partial charge < -0.3 is 5.73 Å². The summed E-state index contributed by atoms with van der Waals surface area (Å²) in [6.07, 6.45) is 1.67. The van der Waals surface area contributed by atoms with E-state index in [0.717, 1.165) is 10.2 Å². The molecule has 0 bridgehead atoms. The minimum absolute atomic E-state index is 0.0731. The van der Waals surface area contributed by atoms with Crippen LogP contribution in [-0.4, -0.2) is 14.2 Å². The van der Waals surface area contributed by atoms with Crippen molar-refractivity contribution < 1.29 is 12.7 Å². The van der Waals surface area contributed by atoms with E-state index in [0.29, 0.717) is 26.8 Å². The molecule has 4 nitrogen and oxygen atoms in total. The minimum Gasteiger partial charge on any atom is -0.322 e. The number of aromatic nitrogens is 3. The monoisotopic (exact) mass is 402 g/mol. The van der Waals surface area contributed by atoms with Crippen molar-refractivity contribution >= 4 is 39.3 Å². The molecule has 0 aliphatic heterocycles. The molecule has 0 fully saturated rings. The lowest BCUT2D eigenvalue weighted by atomic mass is 10.0. The molecule has 2 aromatic heterocycles. The molecular weight excluding hydrogens is 393 g/mol. The summed E-state index contributed by atoms with van der Waals surface area (Å²) in [6, 6.07) is 4.34. The Balaban J connectivity index is 1.96. The van der Waals surface area contributed by atoms with Gasteiger partial charge in [0.15, 0.2) is 18.0 Å². The van der Waals surface area contributed by atoms with E-state index in [-0.39, 0.29) is 18.8 Å². The normalized spacial score (nSPS) is 12.7. The van der Waals surface area contributed by atoms with Gasteiger partial charge >= 0.3 is 0 Å². The van der Waals surface area contributed by atoms with Gasteiger partial charge in [-0.25, -0.2) is 13.8 Å². The van der Waals surface area contributed by atoms with Crippen LogP contribution >= 0.6 is 28.3 Å². The van der Waals surface area contributed by atoms with Crippen LogP contribution in [0.2, 0.25) is 0 Å². The molecule has 0 radical (unpaired) electrons. The summed E-state index contributed by atoms with van der Waals surface area (Å²) in [5, 5.41) is 4.49. The summed E-state index contributed by atoms with van der Waals surface area (Å²) in [5.74, 6) is -1.33. The Kier molecular flexibility index (Phi) is 4.60. The number of hydrogen-bond donors (Lipinski definition) is 1. The standard InChI is InChI=1S/C14H10BrF3N4S/c15-11-4-8-6-20-22(23-18)14(8)21-13(11)12(19)3-7-1-9(16)5-10(17)2-7/h1-2,4-6,12H,3,19H2. The summed E-state index contributed by atoms with van der Waals surface area (Å²) in [6.45, 7) is 0. The number of rotatable bonds is 4. The van der Waals surface area contributed by atoms with Crippen molar-refractivity contribution in [1.82, 2.24) is 14.2 Å². The van der Waals surface area contributed by atoms with Crippen LogP contribution < -0.4 is 5.73 Å². The van der Waals surface area contributed by atoms with Gasteiger partial charge in [-0.2, -0.15) is 9.19 Å². The summed E-state index contributed by atoms with van der Waals surface area (Å²) in [5.41, 5.74) is 7.31. The molecule has 9 heteroatoms. The first-order valence-electron chi connectivity index (χ1n) is 6.51. The zero-order chi connectivity index (χ0) is 16.6. The number of pyridine rings is 1. The van der Waals surface area contributed by atoms with Crippen LogP contribution in [-0.2, 0) is 6.42 Å². The van der Waals surface area contributed by atoms with E-state index in [1.807, 2.05) is 0 Å². The van der Waals surface area contributed by atoms with E-state index in [1.165, 1.54) is 18.3 Å². The lowest BCUT2D eigenvalue weighted by Crippen LogP contribution is -2.16. The van der Waals surface area contributed by atoms with E-state index in [2.05, 4.69) is 26.0 Å². The summed E-state index contributed by atoms with van der Waals surface area (Å²) < 4.78 is 41.0. The Labute approximate surface area is 142 Å². The number of nitrogens with zero attached hydrogens (tertiary/aromatic N) is 3. The average Bonchev–Trinajstić information content (AvgIpc) is 2.86. The summed E-state index contributed by atoms with van der Waals surface area (Å²) >= 11 is 3.29. The van der Waals surface area contributed by atoms with Crippen LogP contribution in [0.1, 0.15) is 17.3 Å². The lowest BCUT2D eigenvalue weighted by molar-refractivity contribution is 0.575. The fraction of sp³-hybridized carbons (Fsp3) is 0.143. The highest BCUT2D eigenvalue weighted by Crippen LogP contribution is 2.28. The van der Waals surface area contributed by atoms with Gasteiger partial charge in [0.2, 0.25) is 0 Å². The van der Waals surface area contributed by atoms with Gasteiger partial charge in [0, 0.05) is 15.9 Å². The summed E-state index contributed by atoms with van der Waals surface area (Å²) in [7, 11) is 0. The number of halogens is 4. The molecule has 23 heavy (non-hydrogen) atoms. The van der Waals surface area contributed by atoms with Gasteiger partial charge in [-0.1, -0.05) is 0 Å². The van der Waals surface area contributed by atoms with Crippen LogP contribution in [0.5, 0.6) is 0 Å². The first kappa shape index (κ1) is 16.3. The molecule has 3 aromatic rings. The Morgan fingerprint density at radius 3 is 2.57 bits per heavy atom. The predicted octanol–water partition coefficient (Wildman–Crippen LogP) is 4.10. The van der Waals surface area contributed by atoms with Crippen molar-refractivity contribution in [2.75, 3.05) is 0 Å². The van der Waals surface area contributed by atoms with E-state index in [4.69, 9.17) is 5.73 Å². The molecule has 0 spiro atoms. The van der Waals surface area contributed by atoms with Crippen molar-refractivity contribution in [2.24, 2.45) is 5.73 Å². The maximum atomic E-state index is 13.3. The lowest BCUT2D eigenvalue weighted by Gasteiger charge is -2.13. The van der Waals surface area contributed by atoms with Gasteiger partial charge in [-0.05, 0) is 46.1 Å². The zero-order valence-electron chi connectivity index (χ0n) is 11.5. The average molecular weight is 403 g/mol. The number of fused-ring (bicyclic) bond motifs is 1. The number of hydrogen-bond acceptors (Lipinski definition) is 4. The third-order valence-corrected chi connectivity index (χ3v) is 4.32. The number of benzene rings is 1. The molecule has 0 aliphatic rings. The van der Waals surface area contributed by atoms with Crippen molar-refractivity contribution in [3.8, 4) is 0 Å². The molecule has 2 N–H and O–H groups in total. The molecule has 0 amide bonds. The van der Waals surface area contributed by atoms with Gasteiger partial charge in [0.1, 0.15) is 11.6 Å². The molecule has 1 unspecified atom stereocenters. The van der Waals surface area contributed by atoms with Gasteiger partial charge in [-0.3, -0.25) is 0 Å². The third-order valence-electron chi connectivity index (χ3n) is 3.29. The molecule has 120 valence electrons. The number of nitrogens with two attached hydrogens (primary N) is 1. The Hall–Kier alpha value is -1.58. The van der Waals surface area contributed by atoms with Gasteiger partial charge in [-0.15, -0.1) is 3.89 Å². The van der Waals surface area contributed by atoms with E-state index < -0.39 is 17.7 Å². The highest BCUT2D eigenvalue weighted by atomic mass is 79.9. The highest BCUT2D eigenvalue weighted by Gasteiger charge is 2.17. The van der Waals surface area contributed by atoms with E-state index in [9.17, 15) is 12.7 Å². The third kappa shape index (κ3) is 3.36. The maximum absolute atomic E-state index is 13.3. The largest absolute Gasteiger partial charge is 0.322 e. The summed E-state index contributed by atoms with van der Waals surface area (Å²) in [4.78, 5) is 4.33. The van der Waals surface area contributed by atoms with Crippen LogP contribution in [0.25, 0.3) is 11.0 Å². The molecule has 0 saturated heterocycles. The van der Waals surface area contributed by atoms with Gasteiger partial charge in [0.25, 0.3) is 0 Å². The molecule has 0 aliphatic carbocycles. The molecular formula is C14H10BrF3N4S. The van der Waals surface area contributed by atoms with Crippen LogP contribution in [0.3, 0.4) is 0 Å². The second kappa shape index (κ2) is 6.50. The van der Waals surface area contributed by atoms with Crippen molar-refractivity contribution in [3.63, 3.8) is 0 Å². The zero-order valence-corrected chi connectivity index (χ0v) is 13.9. The molecule has 2 heterocycles. The Morgan fingerprint density at radius 1 is 1.22 bits per heavy atom. The van der Waals surface area contributed by atoms with Crippen LogP contribution in [0.15, 0.2) is 34.9 Å². The SMILES string of the molecule is NC(Cc1cc(F)cc(F)c1)c1nc2c(cnn2SF)cc1Br.